The summed E-state index contributed by atoms with van der Waals surface area (Å²) in [5, 5.41) is 1.17. The van der Waals surface area contributed by atoms with Gasteiger partial charge in [-0.3, -0.25) is 0 Å². The van der Waals surface area contributed by atoms with E-state index in [1.54, 1.807) is 0 Å². The van der Waals surface area contributed by atoms with E-state index in [2.05, 4.69) is 80.5 Å². The topological polar surface area (TPSA) is 19.0 Å². The highest BCUT2D eigenvalue weighted by Gasteiger charge is 2.12. The van der Waals surface area contributed by atoms with Gasteiger partial charge in [-0.25, -0.2) is 0 Å². The van der Waals surface area contributed by atoms with E-state index in [1.807, 2.05) is 18.2 Å². The molecular weight excluding hydrogens is 388 g/mol. The second kappa shape index (κ2) is 13.6. The van der Waals surface area contributed by atoms with Crippen LogP contribution in [0.4, 0.5) is 0 Å². The molecule has 32 heavy (non-hydrogen) atoms. The van der Waals surface area contributed by atoms with Crippen molar-refractivity contribution in [1.82, 2.24) is 9.88 Å². The Morgan fingerprint density at radius 2 is 1.72 bits per heavy atom. The second-order valence-electron chi connectivity index (χ2n) is 8.63. The number of hydrogen-bond acceptors (Lipinski definition) is 1. The van der Waals surface area contributed by atoms with Crippen LogP contribution in [0.3, 0.4) is 0 Å². The van der Waals surface area contributed by atoms with Gasteiger partial charge in [-0.15, -0.1) is 6.42 Å². The van der Waals surface area contributed by atoms with E-state index in [9.17, 15) is 0 Å². The molecule has 0 amide bonds. The zero-order valence-corrected chi connectivity index (χ0v) is 20.5. The molecule has 3 aromatic rings. The van der Waals surface area contributed by atoms with Crippen LogP contribution in [-0.4, -0.2) is 30.0 Å². The van der Waals surface area contributed by atoms with Gasteiger partial charge in [0.05, 0.1) is 0 Å². The van der Waals surface area contributed by atoms with Gasteiger partial charge < -0.3 is 9.88 Å². The number of nitrogens with one attached hydrogen (secondary N) is 1. The standard InChI is InChI=1S/C21H19N.C5H11N.C4H10/c1-4-17-12-13-20-19(14-17)21(16(3)22-20)15(2)10-11-18-8-6-5-7-9-18;1-6-4-2-3-5-6;1-3-4-2/h1,5-9,12-14,22H,2,10-11H2,3H3;2-5H2,1H3;3-4H2,1-2H3. The molecule has 2 heteroatoms. The van der Waals surface area contributed by atoms with Gasteiger partial charge in [0.2, 0.25) is 0 Å². The van der Waals surface area contributed by atoms with Crippen LogP contribution in [0.15, 0.2) is 55.1 Å². The number of likely N-dealkylation sites (tertiary alicyclic amines) is 1. The van der Waals surface area contributed by atoms with Crippen molar-refractivity contribution < 1.29 is 0 Å². The first-order valence-corrected chi connectivity index (χ1v) is 12.0. The summed E-state index contributed by atoms with van der Waals surface area (Å²) in [5.41, 5.74) is 6.88. The van der Waals surface area contributed by atoms with Crippen molar-refractivity contribution in [3.05, 3.63) is 77.5 Å². The van der Waals surface area contributed by atoms with Crippen molar-refractivity contribution in [3.8, 4) is 12.3 Å². The van der Waals surface area contributed by atoms with Gasteiger partial charge >= 0.3 is 0 Å². The summed E-state index contributed by atoms with van der Waals surface area (Å²) in [6.07, 6.45) is 12.9. The number of rotatable bonds is 5. The summed E-state index contributed by atoms with van der Waals surface area (Å²) < 4.78 is 0. The molecule has 4 rings (SSSR count). The first-order valence-electron chi connectivity index (χ1n) is 12.0. The van der Waals surface area contributed by atoms with Crippen LogP contribution in [0.1, 0.15) is 68.3 Å². The van der Waals surface area contributed by atoms with Gasteiger partial charge in [0.25, 0.3) is 0 Å². The minimum atomic E-state index is 0.906. The van der Waals surface area contributed by atoms with Gasteiger partial charge in [0, 0.05) is 27.7 Å². The fourth-order valence-corrected chi connectivity index (χ4v) is 3.81. The van der Waals surface area contributed by atoms with Gasteiger partial charge in [0.15, 0.2) is 0 Å². The normalized spacial score (nSPS) is 13.0. The fraction of sp³-hybridized carbons (Fsp3) is 0.400. The third kappa shape index (κ3) is 7.74. The Balaban J connectivity index is 0.000000301. The molecule has 1 aliphatic heterocycles. The first-order chi connectivity index (χ1) is 15.5. The maximum atomic E-state index is 5.53. The lowest BCUT2D eigenvalue weighted by Crippen LogP contribution is -2.10. The van der Waals surface area contributed by atoms with Crippen molar-refractivity contribution in [1.29, 1.82) is 0 Å². The fourth-order valence-electron chi connectivity index (χ4n) is 3.81. The van der Waals surface area contributed by atoms with E-state index >= 15 is 0 Å². The Morgan fingerprint density at radius 1 is 1.06 bits per heavy atom. The van der Waals surface area contributed by atoms with Gasteiger partial charge in [-0.05, 0) is 82.1 Å². The zero-order valence-electron chi connectivity index (χ0n) is 20.5. The largest absolute Gasteiger partial charge is 0.358 e. The number of allylic oxidation sites excluding steroid dienone is 1. The molecule has 1 aliphatic rings. The van der Waals surface area contributed by atoms with E-state index in [4.69, 9.17) is 6.42 Å². The highest BCUT2D eigenvalue weighted by molar-refractivity contribution is 5.94. The number of aryl methyl sites for hydroxylation is 2. The highest BCUT2D eigenvalue weighted by Crippen LogP contribution is 2.31. The van der Waals surface area contributed by atoms with E-state index in [1.165, 1.54) is 55.3 Å². The maximum Gasteiger partial charge on any atom is 0.0463 e. The molecule has 0 atom stereocenters. The van der Waals surface area contributed by atoms with Crippen LogP contribution in [0, 0.1) is 19.3 Å². The minimum absolute atomic E-state index is 0.906. The molecule has 170 valence electrons. The summed E-state index contributed by atoms with van der Waals surface area (Å²) >= 11 is 0. The van der Waals surface area contributed by atoms with Crippen LogP contribution in [0.2, 0.25) is 0 Å². The average molecular weight is 429 g/mol. The Labute approximate surface area is 195 Å². The Hall–Kier alpha value is -2.76. The number of aromatic nitrogens is 1. The van der Waals surface area contributed by atoms with Crippen molar-refractivity contribution in [2.45, 2.75) is 59.3 Å². The lowest BCUT2D eigenvalue weighted by atomic mass is 9.97. The molecule has 0 bridgehead atoms. The summed E-state index contributed by atoms with van der Waals surface area (Å²) in [6.45, 7) is 13.4. The number of benzene rings is 2. The zero-order chi connectivity index (χ0) is 23.3. The molecule has 1 N–H and O–H groups in total. The molecular formula is C30H40N2. The molecule has 2 aromatic carbocycles. The molecule has 0 saturated carbocycles. The summed E-state index contributed by atoms with van der Waals surface area (Å²) in [4.78, 5) is 5.79. The van der Waals surface area contributed by atoms with Crippen LogP contribution < -0.4 is 0 Å². The van der Waals surface area contributed by atoms with Crippen molar-refractivity contribution in [2.75, 3.05) is 20.1 Å². The molecule has 0 aliphatic carbocycles. The van der Waals surface area contributed by atoms with E-state index in [0.717, 1.165) is 35.2 Å². The number of nitrogens with zero attached hydrogens (tertiary/aromatic N) is 1. The number of terminal acetylenes is 1. The Morgan fingerprint density at radius 3 is 2.25 bits per heavy atom. The van der Waals surface area contributed by atoms with E-state index in [0.29, 0.717) is 0 Å². The molecule has 1 aromatic heterocycles. The van der Waals surface area contributed by atoms with Gasteiger partial charge in [-0.1, -0.05) is 69.5 Å². The predicted molar refractivity (Wildman–Crippen MR) is 142 cm³/mol. The maximum absolute atomic E-state index is 5.53. The summed E-state index contributed by atoms with van der Waals surface area (Å²) in [7, 11) is 2.17. The lowest BCUT2D eigenvalue weighted by Gasteiger charge is -2.07. The quantitative estimate of drug-likeness (QED) is 0.414. The molecule has 0 unspecified atom stereocenters. The highest BCUT2D eigenvalue weighted by atomic mass is 15.1. The number of hydrogen-bond donors (Lipinski definition) is 1. The van der Waals surface area contributed by atoms with Gasteiger partial charge in [0.1, 0.15) is 0 Å². The molecule has 0 radical (unpaired) electrons. The smallest absolute Gasteiger partial charge is 0.0463 e. The molecule has 1 saturated heterocycles. The SMILES string of the molecule is C#Cc1ccc2[nH]c(C)c(C(=C)CCc3ccccc3)c2c1.CCCC.CN1CCCC1. The number of aromatic amines is 1. The van der Waals surface area contributed by atoms with E-state index < -0.39 is 0 Å². The monoisotopic (exact) mass is 428 g/mol. The average Bonchev–Trinajstić information content (AvgIpc) is 3.43. The van der Waals surface area contributed by atoms with Crippen molar-refractivity contribution in [2.24, 2.45) is 0 Å². The van der Waals surface area contributed by atoms with E-state index in [-0.39, 0.29) is 0 Å². The molecule has 0 spiro atoms. The van der Waals surface area contributed by atoms with Crippen LogP contribution in [-0.2, 0) is 6.42 Å². The third-order valence-electron chi connectivity index (χ3n) is 5.89. The molecule has 1 fully saturated rings. The minimum Gasteiger partial charge on any atom is -0.358 e. The second-order valence-corrected chi connectivity index (χ2v) is 8.63. The number of unbranched alkanes of at least 4 members (excludes halogenated alkanes) is 1. The summed E-state index contributed by atoms with van der Waals surface area (Å²) in [5.74, 6) is 2.71. The van der Waals surface area contributed by atoms with Crippen LogP contribution in [0.5, 0.6) is 0 Å². The predicted octanol–water partition coefficient (Wildman–Crippen LogP) is 7.62. The van der Waals surface area contributed by atoms with Crippen LogP contribution >= 0.6 is 0 Å². The Kier molecular flexibility index (Phi) is 10.8. The van der Waals surface area contributed by atoms with Crippen LogP contribution in [0.25, 0.3) is 16.5 Å². The van der Waals surface area contributed by atoms with Crippen molar-refractivity contribution in [3.63, 3.8) is 0 Å². The molecule has 2 nitrogen and oxygen atoms in total. The number of H-pyrrole nitrogens is 1. The summed E-state index contributed by atoms with van der Waals surface area (Å²) in [6, 6.07) is 16.6. The first kappa shape index (κ1) is 25.5. The molecule has 2 heterocycles. The Bertz CT molecular complexity index is 996. The lowest BCUT2D eigenvalue weighted by molar-refractivity contribution is 0.418. The van der Waals surface area contributed by atoms with Gasteiger partial charge in [-0.2, -0.15) is 0 Å². The third-order valence-corrected chi connectivity index (χ3v) is 5.89. The van der Waals surface area contributed by atoms with Crippen molar-refractivity contribution >= 4 is 16.5 Å². The number of fused-ring (bicyclic) bond motifs is 1.